The van der Waals surface area contributed by atoms with Gasteiger partial charge in [0, 0.05) is 11.8 Å². The molecule has 0 aliphatic rings. The van der Waals surface area contributed by atoms with Crippen LogP contribution in [0.25, 0.3) is 22.3 Å². The van der Waals surface area contributed by atoms with Crippen LogP contribution < -0.4 is 4.74 Å². The molecule has 0 bridgehead atoms. The zero-order chi connectivity index (χ0) is 17.5. The molecule has 0 spiro atoms. The van der Waals surface area contributed by atoms with E-state index >= 15 is 0 Å². The molecule has 0 N–H and O–H groups in total. The van der Waals surface area contributed by atoms with Crippen molar-refractivity contribution in [1.82, 2.24) is 4.98 Å². The SMILES string of the molecule is CCCCCOc1ccc(-c2ccc(-c3ccc(F)nc3)cc2)cc1. The molecule has 0 atom stereocenters. The molecule has 0 radical (unpaired) electrons. The monoisotopic (exact) mass is 335 g/mol. The van der Waals surface area contributed by atoms with Gasteiger partial charge in [0.2, 0.25) is 5.95 Å². The van der Waals surface area contributed by atoms with Gasteiger partial charge in [0.05, 0.1) is 6.61 Å². The maximum Gasteiger partial charge on any atom is 0.212 e. The topological polar surface area (TPSA) is 22.1 Å². The normalized spacial score (nSPS) is 10.6. The lowest BCUT2D eigenvalue weighted by Crippen LogP contribution is -1.96. The van der Waals surface area contributed by atoms with Crippen LogP contribution in [-0.2, 0) is 0 Å². The molecule has 0 aliphatic heterocycles. The summed E-state index contributed by atoms with van der Waals surface area (Å²) in [6.07, 6.45) is 5.05. The Morgan fingerprint density at radius 3 is 1.88 bits per heavy atom. The summed E-state index contributed by atoms with van der Waals surface area (Å²) < 4.78 is 18.7. The highest BCUT2D eigenvalue weighted by Crippen LogP contribution is 2.26. The van der Waals surface area contributed by atoms with Crippen LogP contribution in [0.15, 0.2) is 66.9 Å². The van der Waals surface area contributed by atoms with Crippen molar-refractivity contribution < 1.29 is 9.13 Å². The predicted octanol–water partition coefficient (Wildman–Crippen LogP) is 6.12. The molecule has 0 saturated carbocycles. The van der Waals surface area contributed by atoms with E-state index in [1.165, 1.54) is 18.9 Å². The highest BCUT2D eigenvalue weighted by atomic mass is 19.1. The van der Waals surface area contributed by atoms with Gasteiger partial charge in [-0.05, 0) is 47.4 Å². The minimum Gasteiger partial charge on any atom is -0.494 e. The molecule has 0 unspecified atom stereocenters. The van der Waals surface area contributed by atoms with Crippen LogP contribution in [0.3, 0.4) is 0 Å². The number of unbranched alkanes of at least 4 members (excludes halogenated alkanes) is 2. The Bertz CT molecular complexity index is 780. The van der Waals surface area contributed by atoms with Crippen molar-refractivity contribution in [2.24, 2.45) is 0 Å². The highest BCUT2D eigenvalue weighted by molar-refractivity contribution is 5.70. The summed E-state index contributed by atoms with van der Waals surface area (Å²) >= 11 is 0. The van der Waals surface area contributed by atoms with Gasteiger partial charge in [0.25, 0.3) is 0 Å². The fourth-order valence-corrected chi connectivity index (χ4v) is 2.69. The van der Waals surface area contributed by atoms with E-state index in [9.17, 15) is 4.39 Å². The first-order chi connectivity index (χ1) is 12.3. The average molecular weight is 335 g/mol. The Balaban J connectivity index is 1.66. The first kappa shape index (κ1) is 17.2. The van der Waals surface area contributed by atoms with Crippen molar-refractivity contribution in [2.75, 3.05) is 6.61 Å². The molecular weight excluding hydrogens is 313 g/mol. The maximum absolute atomic E-state index is 12.9. The van der Waals surface area contributed by atoms with E-state index in [-0.39, 0.29) is 0 Å². The zero-order valence-corrected chi connectivity index (χ0v) is 14.4. The Morgan fingerprint density at radius 2 is 1.32 bits per heavy atom. The molecular formula is C22H22FNO. The number of ether oxygens (including phenoxy) is 1. The van der Waals surface area contributed by atoms with Gasteiger partial charge in [-0.2, -0.15) is 4.39 Å². The molecule has 0 amide bonds. The van der Waals surface area contributed by atoms with Crippen LogP contribution in [0.5, 0.6) is 5.75 Å². The molecule has 3 aromatic rings. The van der Waals surface area contributed by atoms with Crippen molar-refractivity contribution in [1.29, 1.82) is 0 Å². The number of pyridine rings is 1. The molecule has 1 heterocycles. The number of nitrogens with zero attached hydrogens (tertiary/aromatic N) is 1. The second kappa shape index (κ2) is 8.43. The van der Waals surface area contributed by atoms with Crippen molar-refractivity contribution in [3.8, 4) is 28.0 Å². The van der Waals surface area contributed by atoms with Gasteiger partial charge in [-0.1, -0.05) is 56.2 Å². The van der Waals surface area contributed by atoms with Gasteiger partial charge in [-0.15, -0.1) is 0 Å². The Hall–Kier alpha value is -2.68. The molecule has 3 rings (SSSR count). The third-order valence-electron chi connectivity index (χ3n) is 4.15. The highest BCUT2D eigenvalue weighted by Gasteiger charge is 2.02. The van der Waals surface area contributed by atoms with E-state index in [1.54, 1.807) is 12.3 Å². The molecule has 0 saturated heterocycles. The van der Waals surface area contributed by atoms with Crippen molar-refractivity contribution in [2.45, 2.75) is 26.2 Å². The maximum atomic E-state index is 12.9. The zero-order valence-electron chi connectivity index (χ0n) is 14.4. The molecule has 2 aromatic carbocycles. The fraction of sp³-hybridized carbons (Fsp3) is 0.227. The lowest BCUT2D eigenvalue weighted by Gasteiger charge is -2.08. The Kier molecular flexibility index (Phi) is 5.78. The summed E-state index contributed by atoms with van der Waals surface area (Å²) in [4.78, 5) is 3.70. The lowest BCUT2D eigenvalue weighted by molar-refractivity contribution is 0.306. The van der Waals surface area contributed by atoms with Crippen LogP contribution in [0.4, 0.5) is 4.39 Å². The van der Waals surface area contributed by atoms with E-state index in [2.05, 4.69) is 36.2 Å². The van der Waals surface area contributed by atoms with E-state index in [4.69, 9.17) is 4.74 Å². The molecule has 0 aliphatic carbocycles. The van der Waals surface area contributed by atoms with E-state index in [0.717, 1.165) is 41.0 Å². The second-order valence-corrected chi connectivity index (χ2v) is 6.03. The van der Waals surface area contributed by atoms with Gasteiger partial charge < -0.3 is 4.74 Å². The standard InChI is InChI=1S/C22H22FNO/c1-2-3-4-15-25-21-12-9-18(10-13-21)17-5-7-19(8-6-17)20-11-14-22(23)24-16-20/h5-14,16H,2-4,15H2,1H3. The van der Waals surface area contributed by atoms with Crippen LogP contribution in [-0.4, -0.2) is 11.6 Å². The van der Waals surface area contributed by atoms with Crippen LogP contribution in [0.1, 0.15) is 26.2 Å². The summed E-state index contributed by atoms with van der Waals surface area (Å²) in [5.74, 6) is 0.450. The van der Waals surface area contributed by atoms with E-state index in [1.807, 2.05) is 24.3 Å². The average Bonchev–Trinajstić information content (AvgIpc) is 2.67. The molecule has 1 aromatic heterocycles. The van der Waals surface area contributed by atoms with Crippen molar-refractivity contribution >= 4 is 0 Å². The summed E-state index contributed by atoms with van der Waals surface area (Å²) in [5.41, 5.74) is 4.21. The Labute approximate surface area is 148 Å². The minimum absolute atomic E-state index is 0.461. The quantitative estimate of drug-likeness (QED) is 0.383. The number of aromatic nitrogens is 1. The number of rotatable bonds is 7. The molecule has 25 heavy (non-hydrogen) atoms. The van der Waals surface area contributed by atoms with Crippen molar-refractivity contribution in [3.63, 3.8) is 0 Å². The van der Waals surface area contributed by atoms with Gasteiger partial charge >= 0.3 is 0 Å². The summed E-state index contributed by atoms with van der Waals surface area (Å²) in [6, 6.07) is 19.5. The minimum atomic E-state index is -0.461. The fourth-order valence-electron chi connectivity index (χ4n) is 2.69. The third-order valence-corrected chi connectivity index (χ3v) is 4.15. The van der Waals surface area contributed by atoms with Crippen LogP contribution in [0, 0.1) is 5.95 Å². The molecule has 2 nitrogen and oxygen atoms in total. The summed E-state index contributed by atoms with van der Waals surface area (Å²) in [6.45, 7) is 2.96. The van der Waals surface area contributed by atoms with Gasteiger partial charge in [-0.25, -0.2) is 4.98 Å². The number of halogens is 1. The number of hydrogen-bond donors (Lipinski definition) is 0. The summed E-state index contributed by atoms with van der Waals surface area (Å²) in [5, 5.41) is 0. The van der Waals surface area contributed by atoms with Gasteiger partial charge in [0.15, 0.2) is 0 Å². The number of hydrogen-bond acceptors (Lipinski definition) is 2. The van der Waals surface area contributed by atoms with E-state index < -0.39 is 5.95 Å². The van der Waals surface area contributed by atoms with Gasteiger partial charge in [-0.3, -0.25) is 0 Å². The second-order valence-electron chi connectivity index (χ2n) is 6.03. The Morgan fingerprint density at radius 1 is 0.760 bits per heavy atom. The summed E-state index contributed by atoms with van der Waals surface area (Å²) in [7, 11) is 0. The van der Waals surface area contributed by atoms with Crippen LogP contribution >= 0.6 is 0 Å². The van der Waals surface area contributed by atoms with Gasteiger partial charge in [0.1, 0.15) is 5.75 Å². The first-order valence-corrected chi connectivity index (χ1v) is 8.71. The third kappa shape index (κ3) is 4.66. The lowest BCUT2D eigenvalue weighted by atomic mass is 10.0. The van der Waals surface area contributed by atoms with Crippen molar-refractivity contribution in [3.05, 3.63) is 72.8 Å². The first-order valence-electron chi connectivity index (χ1n) is 8.71. The molecule has 128 valence electrons. The number of benzene rings is 2. The molecule has 0 fully saturated rings. The predicted molar refractivity (Wildman–Crippen MR) is 100 cm³/mol. The molecule has 3 heteroatoms. The van der Waals surface area contributed by atoms with Crippen LogP contribution in [0.2, 0.25) is 0 Å². The smallest absolute Gasteiger partial charge is 0.212 e. The van der Waals surface area contributed by atoms with E-state index in [0.29, 0.717) is 0 Å². The largest absolute Gasteiger partial charge is 0.494 e.